The van der Waals surface area contributed by atoms with E-state index in [2.05, 4.69) is 5.32 Å². The number of benzene rings is 1. The number of carbonyl (C=O) groups excluding carboxylic acids is 1. The van der Waals surface area contributed by atoms with Gasteiger partial charge in [-0.05, 0) is 37.5 Å². The Hall–Kier alpha value is -1.91. The number of rotatable bonds is 9. The average Bonchev–Trinajstić information content (AvgIpc) is 2.44. The Bertz CT molecular complexity index is 488. The number of hydrogen-bond donors (Lipinski definition) is 2. The van der Waals surface area contributed by atoms with Crippen LogP contribution in [-0.2, 0) is 4.79 Å². The van der Waals surface area contributed by atoms with Crippen LogP contribution < -0.4 is 5.32 Å². The van der Waals surface area contributed by atoms with Gasteiger partial charge in [0.15, 0.2) is 0 Å². The zero-order chi connectivity index (χ0) is 15.7. The first-order valence-electron chi connectivity index (χ1n) is 7.27. The summed E-state index contributed by atoms with van der Waals surface area (Å²) in [4.78, 5) is 22.2. The van der Waals surface area contributed by atoms with Gasteiger partial charge in [0.1, 0.15) is 5.82 Å². The number of carboxylic acid groups (broad SMARTS) is 1. The smallest absolute Gasteiger partial charge is 0.303 e. The standard InChI is InChI=1S/C16H22FNO3/c1-12-13(8-7-9-14(12)17)16(21)18-11-6-4-2-3-5-10-15(19)20/h7-9H,2-6,10-11H2,1H3,(H,18,21)(H,19,20). The van der Waals surface area contributed by atoms with Crippen molar-refractivity contribution in [3.8, 4) is 0 Å². The van der Waals surface area contributed by atoms with Crippen molar-refractivity contribution in [1.82, 2.24) is 5.32 Å². The first-order chi connectivity index (χ1) is 10.0. The topological polar surface area (TPSA) is 66.4 Å². The molecule has 0 heterocycles. The summed E-state index contributed by atoms with van der Waals surface area (Å²) in [7, 11) is 0. The van der Waals surface area contributed by atoms with Crippen LogP contribution in [0.4, 0.5) is 4.39 Å². The average molecular weight is 295 g/mol. The van der Waals surface area contributed by atoms with Crippen molar-refractivity contribution in [2.24, 2.45) is 0 Å². The van der Waals surface area contributed by atoms with Crippen LogP contribution in [0.1, 0.15) is 54.4 Å². The summed E-state index contributed by atoms with van der Waals surface area (Å²) in [6, 6.07) is 4.47. The van der Waals surface area contributed by atoms with E-state index in [9.17, 15) is 14.0 Å². The molecule has 0 aliphatic carbocycles. The van der Waals surface area contributed by atoms with E-state index in [0.717, 1.165) is 25.7 Å². The summed E-state index contributed by atoms with van der Waals surface area (Å²) >= 11 is 0. The number of unbranched alkanes of at least 4 members (excludes halogenated alkanes) is 4. The van der Waals surface area contributed by atoms with Crippen molar-refractivity contribution in [2.75, 3.05) is 6.54 Å². The van der Waals surface area contributed by atoms with Crippen molar-refractivity contribution in [1.29, 1.82) is 0 Å². The van der Waals surface area contributed by atoms with Gasteiger partial charge >= 0.3 is 5.97 Å². The van der Waals surface area contributed by atoms with E-state index in [1.54, 1.807) is 13.0 Å². The molecule has 4 nitrogen and oxygen atoms in total. The van der Waals surface area contributed by atoms with Gasteiger partial charge in [-0.1, -0.05) is 25.3 Å². The minimum absolute atomic E-state index is 0.218. The van der Waals surface area contributed by atoms with Crippen LogP contribution in [0.15, 0.2) is 18.2 Å². The number of aliphatic carboxylic acids is 1. The Morgan fingerprint density at radius 3 is 2.52 bits per heavy atom. The molecule has 0 saturated heterocycles. The Morgan fingerprint density at radius 2 is 1.81 bits per heavy atom. The molecule has 1 aromatic rings. The molecule has 0 saturated carbocycles. The van der Waals surface area contributed by atoms with E-state index < -0.39 is 5.97 Å². The zero-order valence-electron chi connectivity index (χ0n) is 12.3. The summed E-state index contributed by atoms with van der Waals surface area (Å²) in [5, 5.41) is 11.3. The van der Waals surface area contributed by atoms with Crippen LogP contribution >= 0.6 is 0 Å². The molecule has 1 aromatic carbocycles. The summed E-state index contributed by atoms with van der Waals surface area (Å²) < 4.78 is 13.3. The zero-order valence-corrected chi connectivity index (χ0v) is 12.3. The highest BCUT2D eigenvalue weighted by molar-refractivity contribution is 5.95. The van der Waals surface area contributed by atoms with Gasteiger partial charge in [0, 0.05) is 18.5 Å². The predicted octanol–water partition coefficient (Wildman–Crippen LogP) is 3.29. The number of amides is 1. The second-order valence-electron chi connectivity index (χ2n) is 5.08. The van der Waals surface area contributed by atoms with Gasteiger partial charge in [-0.3, -0.25) is 9.59 Å². The molecule has 0 bridgehead atoms. The number of halogens is 1. The summed E-state index contributed by atoms with van der Waals surface area (Å²) in [6.07, 6.45) is 4.56. The molecular weight excluding hydrogens is 273 g/mol. The molecule has 0 aliphatic heterocycles. The molecular formula is C16H22FNO3. The van der Waals surface area contributed by atoms with Crippen LogP contribution in [0, 0.1) is 12.7 Å². The van der Waals surface area contributed by atoms with Gasteiger partial charge in [-0.25, -0.2) is 4.39 Å². The largest absolute Gasteiger partial charge is 0.481 e. The first-order valence-corrected chi connectivity index (χ1v) is 7.27. The van der Waals surface area contributed by atoms with Gasteiger partial charge in [0.2, 0.25) is 0 Å². The van der Waals surface area contributed by atoms with Crippen LogP contribution in [0.2, 0.25) is 0 Å². The lowest BCUT2D eigenvalue weighted by atomic mass is 10.1. The monoisotopic (exact) mass is 295 g/mol. The van der Waals surface area contributed by atoms with Gasteiger partial charge in [0.05, 0.1) is 0 Å². The van der Waals surface area contributed by atoms with Gasteiger partial charge in [-0.15, -0.1) is 0 Å². The lowest BCUT2D eigenvalue weighted by Crippen LogP contribution is -2.25. The van der Waals surface area contributed by atoms with Gasteiger partial charge in [-0.2, -0.15) is 0 Å². The SMILES string of the molecule is Cc1c(F)cccc1C(=O)NCCCCCCCC(=O)O. The highest BCUT2D eigenvalue weighted by Gasteiger charge is 2.10. The fourth-order valence-corrected chi connectivity index (χ4v) is 2.08. The van der Waals surface area contributed by atoms with Crippen molar-refractivity contribution in [3.05, 3.63) is 35.1 Å². The summed E-state index contributed by atoms with van der Waals surface area (Å²) in [6.45, 7) is 2.14. The summed E-state index contributed by atoms with van der Waals surface area (Å²) in [5.74, 6) is -1.38. The Kier molecular flexibility index (Phi) is 7.43. The van der Waals surface area contributed by atoms with E-state index in [1.807, 2.05) is 0 Å². The normalized spacial score (nSPS) is 10.4. The molecule has 0 fully saturated rings. The second kappa shape index (κ2) is 9.10. The maximum atomic E-state index is 13.3. The molecule has 0 aliphatic rings. The van der Waals surface area contributed by atoms with Crippen molar-refractivity contribution >= 4 is 11.9 Å². The fraction of sp³-hybridized carbons (Fsp3) is 0.500. The van der Waals surface area contributed by atoms with E-state index >= 15 is 0 Å². The number of carbonyl (C=O) groups is 2. The van der Waals surface area contributed by atoms with E-state index in [4.69, 9.17) is 5.11 Å². The molecule has 2 N–H and O–H groups in total. The Balaban J connectivity index is 2.17. The van der Waals surface area contributed by atoms with Crippen LogP contribution in [0.25, 0.3) is 0 Å². The lowest BCUT2D eigenvalue weighted by molar-refractivity contribution is -0.137. The van der Waals surface area contributed by atoms with Gasteiger partial charge < -0.3 is 10.4 Å². The van der Waals surface area contributed by atoms with E-state index in [0.29, 0.717) is 24.1 Å². The molecule has 0 spiro atoms. The Morgan fingerprint density at radius 1 is 1.14 bits per heavy atom. The van der Waals surface area contributed by atoms with Gasteiger partial charge in [0.25, 0.3) is 5.91 Å². The molecule has 0 radical (unpaired) electrons. The highest BCUT2D eigenvalue weighted by Crippen LogP contribution is 2.12. The molecule has 0 atom stereocenters. The molecule has 0 aromatic heterocycles. The van der Waals surface area contributed by atoms with Crippen molar-refractivity contribution < 1.29 is 19.1 Å². The lowest BCUT2D eigenvalue weighted by Gasteiger charge is -2.08. The maximum Gasteiger partial charge on any atom is 0.303 e. The number of carboxylic acids is 1. The molecule has 0 unspecified atom stereocenters. The third-order valence-electron chi connectivity index (χ3n) is 3.37. The van der Waals surface area contributed by atoms with E-state index in [-0.39, 0.29) is 18.1 Å². The van der Waals surface area contributed by atoms with Crippen molar-refractivity contribution in [2.45, 2.75) is 45.4 Å². The van der Waals surface area contributed by atoms with Crippen LogP contribution in [0.5, 0.6) is 0 Å². The van der Waals surface area contributed by atoms with Crippen LogP contribution in [0.3, 0.4) is 0 Å². The molecule has 1 amide bonds. The molecule has 5 heteroatoms. The Labute approximate surface area is 124 Å². The quantitative estimate of drug-likeness (QED) is 0.687. The number of nitrogens with one attached hydrogen (secondary N) is 1. The highest BCUT2D eigenvalue weighted by atomic mass is 19.1. The van der Waals surface area contributed by atoms with Crippen LogP contribution in [-0.4, -0.2) is 23.5 Å². The third kappa shape index (κ3) is 6.38. The molecule has 21 heavy (non-hydrogen) atoms. The maximum absolute atomic E-state index is 13.3. The number of hydrogen-bond acceptors (Lipinski definition) is 2. The third-order valence-corrected chi connectivity index (χ3v) is 3.37. The summed E-state index contributed by atoms with van der Waals surface area (Å²) in [5.41, 5.74) is 0.736. The predicted molar refractivity (Wildman–Crippen MR) is 78.8 cm³/mol. The first kappa shape index (κ1) is 17.1. The minimum Gasteiger partial charge on any atom is -0.481 e. The van der Waals surface area contributed by atoms with Crippen molar-refractivity contribution in [3.63, 3.8) is 0 Å². The minimum atomic E-state index is -0.757. The fourth-order valence-electron chi connectivity index (χ4n) is 2.08. The second-order valence-corrected chi connectivity index (χ2v) is 5.08. The molecule has 1 rings (SSSR count). The molecule has 116 valence electrons. The van der Waals surface area contributed by atoms with E-state index in [1.165, 1.54) is 12.1 Å².